The highest BCUT2D eigenvalue weighted by Crippen LogP contribution is 2.17. The Kier molecular flexibility index (Phi) is 58.3. The molecule has 1 atom stereocenters. The van der Waals surface area contributed by atoms with Crippen LogP contribution in [0.25, 0.3) is 0 Å². The maximum absolute atomic E-state index is 12.9. The summed E-state index contributed by atoms with van der Waals surface area (Å²) >= 11 is 0. The van der Waals surface area contributed by atoms with Crippen molar-refractivity contribution in [3.63, 3.8) is 0 Å². The van der Waals surface area contributed by atoms with Gasteiger partial charge in [-0.1, -0.05) is 273 Å². The van der Waals surface area contributed by atoms with Crippen molar-refractivity contribution < 1.29 is 28.6 Å². The molecule has 0 heterocycles. The van der Waals surface area contributed by atoms with Gasteiger partial charge in [-0.3, -0.25) is 14.4 Å². The summed E-state index contributed by atoms with van der Waals surface area (Å²) in [7, 11) is 0. The number of rotatable bonds is 56. The summed E-state index contributed by atoms with van der Waals surface area (Å²) in [5.74, 6) is -0.909. The van der Waals surface area contributed by atoms with Crippen LogP contribution in [0.15, 0.2) is 85.1 Å². The fourth-order valence-corrected chi connectivity index (χ4v) is 8.74. The lowest BCUT2D eigenvalue weighted by atomic mass is 10.0. The molecule has 0 N–H and O–H groups in total. The molecule has 1 unspecified atom stereocenters. The minimum atomic E-state index is -0.790. The number of ether oxygens (including phenoxy) is 3. The van der Waals surface area contributed by atoms with Crippen molar-refractivity contribution in [2.45, 2.75) is 309 Å². The molecule has 0 rings (SSSR count). The third-order valence-electron chi connectivity index (χ3n) is 13.4. The average molecular weight is 1020 g/mol. The van der Waals surface area contributed by atoms with Gasteiger partial charge in [-0.2, -0.15) is 0 Å². The maximum atomic E-state index is 12.9. The van der Waals surface area contributed by atoms with Gasteiger partial charge >= 0.3 is 17.9 Å². The quantitative estimate of drug-likeness (QED) is 0.0261. The molecule has 73 heavy (non-hydrogen) atoms. The summed E-state index contributed by atoms with van der Waals surface area (Å²) in [6.45, 7) is 6.50. The van der Waals surface area contributed by atoms with Crippen LogP contribution >= 0.6 is 0 Å². The fourth-order valence-electron chi connectivity index (χ4n) is 8.74. The van der Waals surface area contributed by atoms with Crippen molar-refractivity contribution in [2.24, 2.45) is 0 Å². The monoisotopic (exact) mass is 1020 g/mol. The van der Waals surface area contributed by atoms with Crippen LogP contribution < -0.4 is 0 Å². The molecule has 0 aromatic heterocycles. The number of hydrogen-bond donors (Lipinski definition) is 0. The van der Waals surface area contributed by atoms with Gasteiger partial charge in [0.25, 0.3) is 0 Å². The highest BCUT2D eigenvalue weighted by atomic mass is 16.6. The van der Waals surface area contributed by atoms with E-state index >= 15 is 0 Å². The van der Waals surface area contributed by atoms with E-state index in [4.69, 9.17) is 14.2 Å². The second-order valence-electron chi connectivity index (χ2n) is 20.6. The molecule has 0 aliphatic heterocycles. The Balaban J connectivity index is 4.37. The van der Waals surface area contributed by atoms with Crippen molar-refractivity contribution >= 4 is 17.9 Å². The predicted octanol–water partition coefficient (Wildman–Crippen LogP) is 21.1. The van der Waals surface area contributed by atoms with E-state index in [0.29, 0.717) is 19.3 Å². The van der Waals surface area contributed by atoms with Crippen molar-refractivity contribution in [3.05, 3.63) is 85.1 Å². The van der Waals surface area contributed by atoms with Gasteiger partial charge in [0.15, 0.2) is 6.10 Å². The van der Waals surface area contributed by atoms with Crippen molar-refractivity contribution in [3.8, 4) is 0 Å². The molecule has 0 aliphatic rings. The Morgan fingerprint density at radius 3 is 0.877 bits per heavy atom. The first-order chi connectivity index (χ1) is 36.0. The molecule has 0 radical (unpaired) electrons. The molecule has 0 saturated carbocycles. The molecule has 420 valence electrons. The average Bonchev–Trinajstić information content (AvgIpc) is 3.39. The maximum Gasteiger partial charge on any atom is 0.306 e. The molecule has 0 saturated heterocycles. The van der Waals surface area contributed by atoms with Gasteiger partial charge in [0, 0.05) is 19.3 Å². The lowest BCUT2D eigenvalue weighted by molar-refractivity contribution is -0.167. The number of hydrogen-bond acceptors (Lipinski definition) is 6. The van der Waals surface area contributed by atoms with Gasteiger partial charge in [0.1, 0.15) is 13.2 Å². The Bertz CT molecular complexity index is 1400. The van der Waals surface area contributed by atoms with Crippen LogP contribution in [0.5, 0.6) is 0 Å². The third kappa shape index (κ3) is 59.3. The first-order valence-corrected chi connectivity index (χ1v) is 31.1. The van der Waals surface area contributed by atoms with E-state index in [-0.39, 0.29) is 31.1 Å². The summed E-state index contributed by atoms with van der Waals surface area (Å²) in [5, 5.41) is 0. The summed E-state index contributed by atoms with van der Waals surface area (Å²) in [5.41, 5.74) is 0. The minimum absolute atomic E-state index is 0.0870. The van der Waals surface area contributed by atoms with Crippen molar-refractivity contribution in [2.75, 3.05) is 13.2 Å². The molecule has 6 nitrogen and oxygen atoms in total. The molecule has 0 spiro atoms. The Morgan fingerprint density at radius 1 is 0.288 bits per heavy atom. The van der Waals surface area contributed by atoms with Crippen LogP contribution in [0.1, 0.15) is 303 Å². The van der Waals surface area contributed by atoms with Crippen LogP contribution in [-0.2, 0) is 28.6 Å². The highest BCUT2D eigenvalue weighted by Gasteiger charge is 2.19. The number of esters is 3. The molecule has 0 aromatic carbocycles. The Morgan fingerprint density at radius 2 is 0.534 bits per heavy atom. The van der Waals surface area contributed by atoms with Gasteiger partial charge in [0.05, 0.1) is 0 Å². The van der Waals surface area contributed by atoms with E-state index in [1.165, 1.54) is 148 Å². The van der Waals surface area contributed by atoms with Gasteiger partial charge in [-0.15, -0.1) is 0 Å². The van der Waals surface area contributed by atoms with Gasteiger partial charge in [-0.05, 0) is 96.3 Å². The second kappa shape index (κ2) is 61.1. The Hall–Kier alpha value is -3.41. The molecular formula is C67H116O6. The van der Waals surface area contributed by atoms with Crippen LogP contribution in [-0.4, -0.2) is 37.2 Å². The minimum Gasteiger partial charge on any atom is -0.462 e. The van der Waals surface area contributed by atoms with Crippen molar-refractivity contribution in [1.29, 1.82) is 0 Å². The molecule has 0 aromatic rings. The van der Waals surface area contributed by atoms with Crippen LogP contribution in [0, 0.1) is 0 Å². The third-order valence-corrected chi connectivity index (χ3v) is 13.4. The predicted molar refractivity (Wildman–Crippen MR) is 316 cm³/mol. The van der Waals surface area contributed by atoms with E-state index in [1.807, 2.05) is 0 Å². The number of carbonyl (C=O) groups excluding carboxylic acids is 3. The first-order valence-electron chi connectivity index (χ1n) is 31.1. The van der Waals surface area contributed by atoms with Crippen LogP contribution in [0.3, 0.4) is 0 Å². The molecule has 0 fully saturated rings. The van der Waals surface area contributed by atoms with Crippen LogP contribution in [0.2, 0.25) is 0 Å². The van der Waals surface area contributed by atoms with Crippen molar-refractivity contribution in [1.82, 2.24) is 0 Å². The van der Waals surface area contributed by atoms with Gasteiger partial charge in [0.2, 0.25) is 0 Å². The fraction of sp³-hybridized carbons (Fsp3) is 0.746. The second-order valence-corrected chi connectivity index (χ2v) is 20.6. The number of allylic oxidation sites excluding steroid dienone is 14. The van der Waals surface area contributed by atoms with E-state index in [0.717, 1.165) is 116 Å². The standard InChI is InChI=1S/C67H116O6/c1-4-7-10-13-16-19-22-25-27-29-31-33-34-35-37-38-40-42-45-48-51-54-57-60-66(69)72-63-64(62-71-65(68)59-56-53-50-47-44-24-21-18-15-12-9-6-3)73-67(70)61-58-55-52-49-46-43-41-39-36-32-30-28-26-23-20-17-14-11-8-5-2/h7,10,16,18-19,21,25,27,31,33,35,37,40,42,64H,4-6,8-9,11-15,17,20,22-24,26,28-30,32,34,36,38-39,41,43-63H2,1-3H3/b10-7-,19-16-,21-18-,27-25-,33-31-,37-35-,42-40-. The zero-order chi connectivity index (χ0) is 52.9. The summed E-state index contributed by atoms with van der Waals surface area (Å²) in [6.07, 6.45) is 80.1. The van der Waals surface area contributed by atoms with Gasteiger partial charge < -0.3 is 14.2 Å². The first kappa shape index (κ1) is 69.6. The van der Waals surface area contributed by atoms with Crippen LogP contribution in [0.4, 0.5) is 0 Å². The lowest BCUT2D eigenvalue weighted by Crippen LogP contribution is -2.30. The Labute approximate surface area is 452 Å². The smallest absolute Gasteiger partial charge is 0.306 e. The number of unbranched alkanes of at least 4 members (excludes halogenated alkanes) is 31. The zero-order valence-electron chi connectivity index (χ0n) is 48.1. The highest BCUT2D eigenvalue weighted by molar-refractivity contribution is 5.71. The van der Waals surface area contributed by atoms with Gasteiger partial charge in [-0.25, -0.2) is 0 Å². The largest absolute Gasteiger partial charge is 0.462 e. The molecule has 0 aliphatic carbocycles. The lowest BCUT2D eigenvalue weighted by Gasteiger charge is -2.18. The molecular weight excluding hydrogens is 901 g/mol. The molecule has 0 amide bonds. The SMILES string of the molecule is CC/C=C\C/C=C\C/C=C\C/C=C\C/C=C\C/C=C\CCCCCCC(=O)OCC(COC(=O)CCCCCCC/C=C\CCCCC)OC(=O)CCCCCCCCCCCCCCCCCCCCCC. The van der Waals surface area contributed by atoms with E-state index in [2.05, 4.69) is 106 Å². The van der Waals surface area contributed by atoms with E-state index in [9.17, 15) is 14.4 Å². The zero-order valence-corrected chi connectivity index (χ0v) is 48.1. The molecule has 6 heteroatoms. The summed E-state index contributed by atoms with van der Waals surface area (Å²) in [6, 6.07) is 0. The summed E-state index contributed by atoms with van der Waals surface area (Å²) < 4.78 is 16.9. The molecule has 0 bridgehead atoms. The summed E-state index contributed by atoms with van der Waals surface area (Å²) in [4.78, 5) is 38.2. The normalized spacial score (nSPS) is 12.6. The number of carbonyl (C=O) groups is 3. The topological polar surface area (TPSA) is 78.9 Å². The van der Waals surface area contributed by atoms with E-state index in [1.54, 1.807) is 0 Å². The van der Waals surface area contributed by atoms with E-state index < -0.39 is 6.10 Å².